The Kier molecular flexibility index (Phi) is 14.5. The fourth-order valence-corrected chi connectivity index (χ4v) is 22.5. The molecule has 0 saturated heterocycles. The van der Waals surface area contributed by atoms with Gasteiger partial charge in [0.15, 0.2) is 0 Å². The summed E-state index contributed by atoms with van der Waals surface area (Å²) in [5, 5.41) is 20.9. The predicted molar refractivity (Wildman–Crippen MR) is 477 cm³/mol. The maximum Gasteiger partial charge on any atom is 0.252 e. The lowest BCUT2D eigenvalue weighted by Gasteiger charge is -2.39. The molecule has 2 fully saturated rings. The van der Waals surface area contributed by atoms with Crippen molar-refractivity contribution in [2.75, 3.05) is 0 Å². The van der Waals surface area contributed by atoms with Gasteiger partial charge in [-0.2, -0.15) is 0 Å². The molecule has 0 unspecified atom stereocenters. The molecule has 2 aliphatic carbocycles. The molecule has 2 nitrogen and oxygen atoms in total. The van der Waals surface area contributed by atoms with Crippen LogP contribution in [0.15, 0.2) is 309 Å². The highest BCUT2D eigenvalue weighted by atomic mass is 15.0. The van der Waals surface area contributed by atoms with Gasteiger partial charge in [-0.25, -0.2) is 0 Å². The van der Waals surface area contributed by atoms with Gasteiger partial charge < -0.3 is 9.13 Å². The Hall–Kier alpha value is -12.0. The minimum Gasteiger partial charge on any atom is -0.310 e. The van der Waals surface area contributed by atoms with E-state index in [1.54, 1.807) is 0 Å². The van der Waals surface area contributed by atoms with Gasteiger partial charge in [0.05, 0.1) is 16.6 Å². The number of hydrogen-bond donors (Lipinski definition) is 0. The summed E-state index contributed by atoms with van der Waals surface area (Å²) in [4.78, 5) is 0. The first-order chi connectivity index (χ1) is 54.7. The summed E-state index contributed by atoms with van der Waals surface area (Å²) >= 11 is 0. The van der Waals surface area contributed by atoms with E-state index < -0.39 is 0 Å². The van der Waals surface area contributed by atoms with Crippen molar-refractivity contribution in [2.45, 2.75) is 103 Å². The second-order valence-electron chi connectivity index (χ2n) is 34.1. The van der Waals surface area contributed by atoms with E-state index in [2.05, 4.69) is 346 Å². The van der Waals surface area contributed by atoms with E-state index in [1.807, 2.05) is 0 Å². The van der Waals surface area contributed by atoms with E-state index >= 15 is 0 Å². The fraction of sp³-hybridized carbons (Fsp3) is 0.167. The van der Waals surface area contributed by atoms with E-state index in [1.165, 1.54) is 278 Å². The van der Waals surface area contributed by atoms with Crippen molar-refractivity contribution < 1.29 is 0 Å². The monoisotopic (exact) mass is 1420 g/mol. The molecule has 111 heavy (non-hydrogen) atoms. The second-order valence-corrected chi connectivity index (χ2v) is 34.1. The van der Waals surface area contributed by atoms with Crippen LogP contribution in [-0.2, 0) is 10.8 Å². The molecule has 17 aromatic carbocycles. The first-order valence-corrected chi connectivity index (χ1v) is 41.1. The number of nitrogens with zero attached hydrogens (tertiary/aromatic N) is 2. The fourth-order valence-electron chi connectivity index (χ4n) is 22.5. The van der Waals surface area contributed by atoms with E-state index in [4.69, 9.17) is 0 Å². The molecule has 23 rings (SSSR count). The van der Waals surface area contributed by atoms with Gasteiger partial charge in [-0.05, 0) is 233 Å². The van der Waals surface area contributed by atoms with E-state index in [-0.39, 0.29) is 17.5 Å². The molecule has 4 aliphatic rings. The molecule has 4 heterocycles. The smallest absolute Gasteiger partial charge is 0.252 e. The molecule has 2 aliphatic heterocycles. The van der Waals surface area contributed by atoms with Crippen LogP contribution >= 0.6 is 0 Å². The summed E-state index contributed by atoms with van der Waals surface area (Å²) < 4.78 is 5.65. The summed E-state index contributed by atoms with van der Waals surface area (Å²) in [7, 11) is 0. The van der Waals surface area contributed by atoms with Crippen molar-refractivity contribution >= 4 is 131 Å². The lowest BCUT2D eigenvalue weighted by molar-refractivity contribution is 0.236. The summed E-state index contributed by atoms with van der Waals surface area (Å²) in [5.74, 6) is 1.18. The van der Waals surface area contributed by atoms with Gasteiger partial charge in [0.1, 0.15) is 0 Å². The molecule has 2 saturated carbocycles. The van der Waals surface area contributed by atoms with Gasteiger partial charge in [0, 0.05) is 49.2 Å². The van der Waals surface area contributed by atoms with E-state index in [9.17, 15) is 0 Å². The molecule has 2 aromatic heterocycles. The largest absolute Gasteiger partial charge is 0.310 e. The van der Waals surface area contributed by atoms with E-state index in [0.717, 1.165) is 0 Å². The third-order valence-electron chi connectivity index (χ3n) is 27.9. The molecule has 530 valence electrons. The number of aromatic nitrogens is 2. The topological polar surface area (TPSA) is 9.86 Å². The summed E-state index contributed by atoms with van der Waals surface area (Å²) in [5.41, 5.74) is 28.8. The average molecular weight is 1420 g/mol. The minimum atomic E-state index is -0.177. The van der Waals surface area contributed by atoms with Crippen LogP contribution in [0.2, 0.25) is 0 Å². The Morgan fingerprint density at radius 2 is 0.595 bits per heavy atom. The number of benzene rings is 17. The van der Waals surface area contributed by atoms with Crippen LogP contribution in [0.1, 0.15) is 103 Å². The van der Waals surface area contributed by atoms with Crippen molar-refractivity contribution in [1.29, 1.82) is 0 Å². The van der Waals surface area contributed by atoms with Crippen LogP contribution in [0, 0.1) is 11.8 Å². The van der Waals surface area contributed by atoms with Crippen molar-refractivity contribution in [3.05, 3.63) is 321 Å². The Labute approximate surface area is 649 Å². The maximum absolute atomic E-state index is 2.83. The average Bonchev–Trinajstić information content (AvgIpc) is 1.51. The van der Waals surface area contributed by atoms with Gasteiger partial charge in [0.25, 0.3) is 6.71 Å². The van der Waals surface area contributed by atoms with Crippen molar-refractivity contribution in [1.82, 2.24) is 9.13 Å². The van der Waals surface area contributed by atoms with Crippen LogP contribution in [0.4, 0.5) is 0 Å². The standard InChI is InChI=1S/C108H85BN2/c1-107(2,72-44-22-10-23-45-72)74-56-58-90-85(62-74)87-63-75(108(3,4)73-46-24-11-25-47-73)64-88-105(87)110(90)92-60-71(99-97(69-40-18-8-19-41-69)95(67-36-14-6-15-37-67)94(66-34-12-5-13-35-66)96(68-38-16-7-17-39-68)98(99)70-42-20-9-21-43-70)61-93-104(92)109(88)89-65-86-81-53-29-27-49-77(81)79-51-31-33-55-83(79)101(86)103-102-91(111(93)106(89)103)59-57-84-80-52-28-26-48-76(80)78-50-30-32-54-82(78)100(84)102/h5-9,12-21,26-43,48-65,72-73H,10-11,22-25,44-47H2,1-4H3. The predicted octanol–water partition coefficient (Wildman–Crippen LogP) is 27.7. The lowest BCUT2D eigenvalue weighted by atomic mass is 9.34. The Balaban J connectivity index is 0.979. The zero-order valence-corrected chi connectivity index (χ0v) is 63.6. The second kappa shape index (κ2) is 24.7. The van der Waals surface area contributed by atoms with Gasteiger partial charge >= 0.3 is 0 Å². The zero-order chi connectivity index (χ0) is 73.5. The number of fused-ring (bicyclic) bond motifs is 24. The molecule has 19 aromatic rings. The first-order valence-electron chi connectivity index (χ1n) is 41.1. The molecule has 3 heteroatoms. The SMILES string of the molecule is CC(C)(c1ccc2c(c1)c1cc(C(C)(C)C3CCCCC3)cc3c1n2-c1cc(-c2c(-c4ccccc4)c(-c4ccccc4)c(-c4ccccc4)c(-c4ccccc4)c2-c2ccccc2)cc2c1B3c1cc3c4ccccc4c4ccccc4c3c3c4c5c6ccccc6c6ccccc6c5ccc4n-2c13)C1CCCCC1. The number of rotatable bonds is 10. The number of hydrogen-bond acceptors (Lipinski definition) is 0. The Bertz CT molecular complexity index is 6970. The third kappa shape index (κ3) is 9.39. The highest BCUT2D eigenvalue weighted by Crippen LogP contribution is 2.59. The van der Waals surface area contributed by atoms with Crippen LogP contribution in [-0.4, -0.2) is 15.8 Å². The summed E-state index contributed by atoms with van der Waals surface area (Å²) in [6.07, 6.45) is 12.9. The van der Waals surface area contributed by atoms with Gasteiger partial charge in [-0.1, -0.05) is 339 Å². The first kappa shape index (κ1) is 64.9. The maximum atomic E-state index is 2.83. The van der Waals surface area contributed by atoms with E-state index in [0.29, 0.717) is 11.8 Å². The Morgan fingerprint density at radius 3 is 1.05 bits per heavy atom. The van der Waals surface area contributed by atoms with Gasteiger partial charge in [-0.3, -0.25) is 0 Å². The molecule has 0 amide bonds. The van der Waals surface area contributed by atoms with Crippen LogP contribution < -0.4 is 16.4 Å². The lowest BCUT2D eigenvalue weighted by Crippen LogP contribution is -2.59. The van der Waals surface area contributed by atoms with Crippen LogP contribution in [0.5, 0.6) is 0 Å². The molecular weight excluding hydrogens is 1340 g/mol. The highest BCUT2D eigenvalue weighted by Gasteiger charge is 2.46. The quantitative estimate of drug-likeness (QED) is 0.0954. The van der Waals surface area contributed by atoms with Crippen molar-refractivity contribution in [3.8, 4) is 78.1 Å². The van der Waals surface area contributed by atoms with Crippen LogP contribution in [0.3, 0.4) is 0 Å². The molecule has 0 N–H and O–H groups in total. The van der Waals surface area contributed by atoms with Crippen molar-refractivity contribution in [2.24, 2.45) is 11.8 Å². The van der Waals surface area contributed by atoms with Gasteiger partial charge in [0.2, 0.25) is 0 Å². The van der Waals surface area contributed by atoms with Crippen LogP contribution in [0.25, 0.3) is 186 Å². The van der Waals surface area contributed by atoms with Gasteiger partial charge in [-0.15, -0.1) is 0 Å². The minimum absolute atomic E-state index is 0.0226. The normalized spacial score (nSPS) is 14.8. The summed E-state index contributed by atoms with van der Waals surface area (Å²) in [6, 6.07) is 121. The molecular formula is C108H85BN2. The molecule has 0 radical (unpaired) electrons. The zero-order valence-electron chi connectivity index (χ0n) is 63.6. The van der Waals surface area contributed by atoms with Crippen molar-refractivity contribution in [3.63, 3.8) is 0 Å². The highest BCUT2D eigenvalue weighted by molar-refractivity contribution is 7.00. The Morgan fingerprint density at radius 1 is 0.252 bits per heavy atom. The third-order valence-corrected chi connectivity index (χ3v) is 27.9. The molecule has 0 atom stereocenters. The molecule has 0 spiro atoms. The molecule has 0 bridgehead atoms. The summed E-state index contributed by atoms with van der Waals surface area (Å²) in [6.45, 7) is 10.2.